The third-order valence-electron chi connectivity index (χ3n) is 0.598. The van der Waals surface area contributed by atoms with Crippen LogP contribution >= 0.6 is 0 Å². The van der Waals surface area contributed by atoms with E-state index in [2.05, 4.69) is 9.73 Å². The molecule has 0 aromatic rings. The Hall–Kier alpha value is -1.39. The Bertz CT molecular complexity index is 152. The zero-order valence-corrected chi connectivity index (χ0v) is 4.92. The van der Waals surface area contributed by atoms with Crippen molar-refractivity contribution in [2.45, 2.75) is 0 Å². The second kappa shape index (κ2) is 3.59. The summed E-state index contributed by atoms with van der Waals surface area (Å²) in [6, 6.07) is 0. The molecule has 0 amide bonds. The number of amidine groups is 1. The Morgan fingerprint density at radius 2 is 2.44 bits per heavy atom. The maximum absolute atomic E-state index is 10.3. The number of nitrogens with one attached hydrogen (secondary N) is 1. The smallest absolute Gasteiger partial charge is 0.373 e. The summed E-state index contributed by atoms with van der Waals surface area (Å²) >= 11 is 0. The van der Waals surface area contributed by atoms with Crippen LogP contribution in [-0.4, -0.2) is 25.3 Å². The molecule has 0 saturated carbocycles. The third kappa shape index (κ3) is 2.43. The standard InChI is InChI=1S/C4H7N3O2/c1-9-4(8)3(6)7-2-5/h2H,1H3,(H3,5,6,7). The first-order chi connectivity index (χ1) is 4.22. The third-order valence-corrected chi connectivity index (χ3v) is 0.598. The van der Waals surface area contributed by atoms with Gasteiger partial charge in [-0.25, -0.2) is 9.79 Å². The molecule has 0 aromatic carbocycles. The quantitative estimate of drug-likeness (QED) is 0.274. The molecule has 0 fully saturated rings. The van der Waals surface area contributed by atoms with Gasteiger partial charge in [0, 0.05) is 0 Å². The van der Waals surface area contributed by atoms with Gasteiger partial charge in [-0.3, -0.25) is 5.41 Å². The molecule has 0 aliphatic rings. The van der Waals surface area contributed by atoms with Crippen LogP contribution < -0.4 is 5.73 Å². The topological polar surface area (TPSA) is 88.5 Å². The van der Waals surface area contributed by atoms with Gasteiger partial charge in [-0.15, -0.1) is 0 Å². The summed E-state index contributed by atoms with van der Waals surface area (Å²) in [5, 5.41) is 6.40. The molecule has 50 valence electrons. The Kier molecular flexibility index (Phi) is 3.04. The van der Waals surface area contributed by atoms with Gasteiger partial charge in [0.05, 0.1) is 7.11 Å². The molecule has 3 N–H and O–H groups in total. The lowest BCUT2D eigenvalue weighted by atomic mass is 10.6. The predicted molar refractivity (Wildman–Crippen MR) is 32.4 cm³/mol. The van der Waals surface area contributed by atoms with E-state index in [1.165, 1.54) is 7.11 Å². The van der Waals surface area contributed by atoms with Gasteiger partial charge in [-0.2, -0.15) is 0 Å². The molecule has 0 saturated heterocycles. The maximum Gasteiger partial charge on any atom is 0.373 e. The van der Waals surface area contributed by atoms with Crippen molar-refractivity contribution >= 4 is 18.1 Å². The molecule has 5 nitrogen and oxygen atoms in total. The van der Waals surface area contributed by atoms with Gasteiger partial charge >= 0.3 is 5.97 Å². The number of esters is 1. The zero-order valence-electron chi connectivity index (χ0n) is 4.92. The molecule has 5 heteroatoms. The number of hydrogen-bond donors (Lipinski definition) is 2. The van der Waals surface area contributed by atoms with Crippen molar-refractivity contribution in [2.75, 3.05) is 7.11 Å². The molecule has 0 aliphatic heterocycles. The van der Waals surface area contributed by atoms with Crippen LogP contribution in [0.2, 0.25) is 0 Å². The molecule has 0 unspecified atom stereocenters. The molecule has 0 spiro atoms. The fraction of sp³-hybridized carbons (Fsp3) is 0.250. The number of aliphatic imine (C=N–C) groups is 1. The molecule has 0 radical (unpaired) electrons. The van der Waals surface area contributed by atoms with Crippen LogP contribution in [0.3, 0.4) is 0 Å². The summed E-state index contributed by atoms with van der Waals surface area (Å²) < 4.78 is 4.17. The summed E-state index contributed by atoms with van der Waals surface area (Å²) in [5.74, 6) is -1.04. The Morgan fingerprint density at radius 3 is 2.78 bits per heavy atom. The lowest BCUT2D eigenvalue weighted by Gasteiger charge is -1.92. The monoisotopic (exact) mass is 129 g/mol. The first-order valence-electron chi connectivity index (χ1n) is 2.13. The molecule has 0 heterocycles. The highest BCUT2D eigenvalue weighted by Crippen LogP contribution is 1.71. The molecular weight excluding hydrogens is 122 g/mol. The van der Waals surface area contributed by atoms with Gasteiger partial charge in [0.25, 0.3) is 0 Å². The lowest BCUT2D eigenvalue weighted by Crippen LogP contribution is -2.24. The summed E-state index contributed by atoms with van der Waals surface area (Å²) in [6.07, 6.45) is 0.673. The van der Waals surface area contributed by atoms with E-state index in [1.807, 2.05) is 0 Å². The minimum absolute atomic E-state index is 0.312. The van der Waals surface area contributed by atoms with Crippen molar-refractivity contribution in [2.24, 2.45) is 10.7 Å². The average molecular weight is 129 g/mol. The Labute approximate surface area is 52.0 Å². The maximum atomic E-state index is 10.3. The average Bonchev–Trinajstić information content (AvgIpc) is 1.87. The van der Waals surface area contributed by atoms with E-state index in [9.17, 15) is 4.79 Å². The van der Waals surface area contributed by atoms with Gasteiger partial charge in [0.15, 0.2) is 0 Å². The van der Waals surface area contributed by atoms with Crippen molar-refractivity contribution < 1.29 is 9.53 Å². The first-order valence-corrected chi connectivity index (χ1v) is 2.13. The van der Waals surface area contributed by atoms with E-state index in [1.54, 1.807) is 0 Å². The van der Waals surface area contributed by atoms with E-state index in [-0.39, 0.29) is 5.84 Å². The highest BCUT2D eigenvalue weighted by molar-refractivity contribution is 6.35. The molecule has 0 atom stereocenters. The van der Waals surface area contributed by atoms with E-state index >= 15 is 0 Å². The van der Waals surface area contributed by atoms with Crippen LogP contribution in [0.5, 0.6) is 0 Å². The zero-order chi connectivity index (χ0) is 7.28. The number of methoxy groups -OCH3 is 1. The minimum Gasteiger partial charge on any atom is -0.463 e. The number of rotatable bonds is 1. The van der Waals surface area contributed by atoms with Crippen LogP contribution in [0.25, 0.3) is 0 Å². The van der Waals surface area contributed by atoms with Gasteiger partial charge in [-0.05, 0) is 0 Å². The van der Waals surface area contributed by atoms with Gasteiger partial charge in [-0.1, -0.05) is 0 Å². The summed E-state index contributed by atoms with van der Waals surface area (Å²) in [5.41, 5.74) is 4.96. The van der Waals surface area contributed by atoms with E-state index in [0.717, 1.165) is 0 Å². The van der Waals surface area contributed by atoms with E-state index in [0.29, 0.717) is 6.34 Å². The highest BCUT2D eigenvalue weighted by atomic mass is 16.5. The van der Waals surface area contributed by atoms with Crippen LogP contribution in [0.1, 0.15) is 0 Å². The predicted octanol–water partition coefficient (Wildman–Crippen LogP) is -0.876. The first kappa shape index (κ1) is 7.61. The minimum atomic E-state index is -0.724. The molecule has 0 aromatic heterocycles. The fourth-order valence-electron chi connectivity index (χ4n) is 0.227. The van der Waals surface area contributed by atoms with Crippen molar-refractivity contribution in [3.63, 3.8) is 0 Å². The lowest BCUT2D eigenvalue weighted by molar-refractivity contribution is -0.132. The van der Waals surface area contributed by atoms with Crippen molar-refractivity contribution in [1.29, 1.82) is 5.41 Å². The van der Waals surface area contributed by atoms with Crippen LogP contribution in [0.15, 0.2) is 4.99 Å². The summed E-state index contributed by atoms with van der Waals surface area (Å²) in [6.45, 7) is 0. The Balaban J connectivity index is 4.01. The van der Waals surface area contributed by atoms with Crippen molar-refractivity contribution in [1.82, 2.24) is 0 Å². The number of hydrogen-bond acceptors (Lipinski definition) is 3. The van der Waals surface area contributed by atoms with Gasteiger partial charge in [0.2, 0.25) is 5.84 Å². The van der Waals surface area contributed by atoms with Gasteiger partial charge < -0.3 is 10.5 Å². The molecular formula is C4H7N3O2. The van der Waals surface area contributed by atoms with Crippen molar-refractivity contribution in [3.8, 4) is 0 Å². The fourth-order valence-corrected chi connectivity index (χ4v) is 0.227. The number of carbonyl (C=O) groups excluding carboxylic acids is 1. The number of nitrogens with two attached hydrogens (primary N) is 1. The second-order valence-corrected chi connectivity index (χ2v) is 1.14. The van der Waals surface area contributed by atoms with Crippen molar-refractivity contribution in [3.05, 3.63) is 0 Å². The highest BCUT2D eigenvalue weighted by Gasteiger charge is 2.02. The molecule has 0 aliphatic carbocycles. The van der Waals surface area contributed by atoms with Crippen LogP contribution in [-0.2, 0) is 9.53 Å². The normalized spacial score (nSPS) is 10.6. The largest absolute Gasteiger partial charge is 0.463 e. The van der Waals surface area contributed by atoms with Crippen LogP contribution in [0, 0.1) is 5.41 Å². The van der Waals surface area contributed by atoms with E-state index < -0.39 is 5.97 Å². The molecule has 0 bridgehead atoms. The summed E-state index contributed by atoms with van der Waals surface area (Å²) in [4.78, 5) is 13.5. The number of nitrogens with zero attached hydrogens (tertiary/aromatic N) is 1. The molecule has 9 heavy (non-hydrogen) atoms. The molecule has 0 rings (SSSR count). The van der Waals surface area contributed by atoms with E-state index in [4.69, 9.17) is 11.1 Å². The van der Waals surface area contributed by atoms with Crippen LogP contribution in [0.4, 0.5) is 0 Å². The van der Waals surface area contributed by atoms with Gasteiger partial charge in [0.1, 0.15) is 6.34 Å². The number of carbonyl (C=O) groups is 1. The SMILES string of the molecule is COC(=O)/C(N)=N/C=N. The Morgan fingerprint density at radius 1 is 1.89 bits per heavy atom. The number of ether oxygens (including phenoxy) is 1. The second-order valence-electron chi connectivity index (χ2n) is 1.14. The summed E-state index contributed by atoms with van der Waals surface area (Å²) in [7, 11) is 1.19.